The second-order valence-corrected chi connectivity index (χ2v) is 10.4. The van der Waals surface area contributed by atoms with E-state index in [-0.39, 0.29) is 41.1 Å². The zero-order valence-corrected chi connectivity index (χ0v) is 27.2. The third-order valence-electron chi connectivity index (χ3n) is 6.35. The van der Waals surface area contributed by atoms with E-state index in [1.807, 2.05) is 0 Å². The van der Waals surface area contributed by atoms with Crippen LogP contribution in [0, 0.1) is 14.9 Å². The molecule has 3 aromatic rings. The minimum atomic E-state index is 0. The summed E-state index contributed by atoms with van der Waals surface area (Å²) < 4.78 is 0. The number of nitrogens with zero attached hydrogens (tertiary/aromatic N) is 3. The number of rotatable bonds is 10. The molecule has 2 aromatic carbocycles. The van der Waals surface area contributed by atoms with E-state index in [1.54, 1.807) is 0 Å². The van der Waals surface area contributed by atoms with E-state index in [0.29, 0.717) is 36.8 Å². The summed E-state index contributed by atoms with van der Waals surface area (Å²) in [5.74, 6) is 1.75. The number of benzene rings is 2. The Kier molecular flexibility index (Phi) is 15.3. The van der Waals surface area contributed by atoms with Crippen LogP contribution in [0.5, 0.6) is 0 Å². The molecule has 3 nitrogen and oxygen atoms in total. The van der Waals surface area contributed by atoms with Crippen molar-refractivity contribution < 1.29 is 26.2 Å². The largest absolute Gasteiger partial charge is 4.00 e. The molecular formula is C33H47N3Zr. The predicted molar refractivity (Wildman–Crippen MR) is 160 cm³/mol. The van der Waals surface area contributed by atoms with Gasteiger partial charge in [0, 0.05) is 11.4 Å². The molecule has 198 valence electrons. The van der Waals surface area contributed by atoms with E-state index in [4.69, 9.17) is 15.6 Å². The van der Waals surface area contributed by atoms with Crippen molar-refractivity contribution in [3.63, 3.8) is 0 Å². The van der Waals surface area contributed by atoms with Crippen molar-refractivity contribution in [2.24, 2.45) is 0 Å². The standard InChI is InChI=1S/C31H41N3.2CH3.Zr/c1-20(2)26-14-10-15-27(21(3)4)30(26)32-18-24-12-9-13-25(34-24)19-33-31-28(22(5)6)16-11-17-29(31)23(7)8;;;/h9-17,20-23H,18-19H2,1-8H3;2*1H3;/q-2;2*-1;+4. The molecule has 37 heavy (non-hydrogen) atoms. The molecule has 0 bridgehead atoms. The van der Waals surface area contributed by atoms with Gasteiger partial charge in [-0.15, -0.1) is 11.4 Å². The van der Waals surface area contributed by atoms with Gasteiger partial charge in [-0.1, -0.05) is 133 Å². The van der Waals surface area contributed by atoms with Crippen molar-refractivity contribution in [1.29, 1.82) is 0 Å². The second kappa shape index (κ2) is 16.1. The number of hydrogen-bond donors (Lipinski definition) is 0. The Bertz CT molecular complexity index is 951. The summed E-state index contributed by atoms with van der Waals surface area (Å²) in [6, 6.07) is 19.4. The summed E-state index contributed by atoms with van der Waals surface area (Å²) in [5.41, 5.74) is 9.48. The van der Waals surface area contributed by atoms with Crippen LogP contribution in [0.3, 0.4) is 0 Å². The Hall–Kier alpha value is -1.93. The summed E-state index contributed by atoms with van der Waals surface area (Å²) >= 11 is 0. The zero-order valence-electron chi connectivity index (χ0n) is 24.8. The van der Waals surface area contributed by atoms with E-state index in [9.17, 15) is 0 Å². The van der Waals surface area contributed by atoms with Crippen molar-refractivity contribution in [2.75, 3.05) is 0 Å². The Balaban J connectivity index is 0.00000432. The fourth-order valence-corrected chi connectivity index (χ4v) is 4.41. The summed E-state index contributed by atoms with van der Waals surface area (Å²) in [4.78, 5) is 4.91. The molecule has 0 aliphatic heterocycles. The molecule has 0 radical (unpaired) electrons. The molecule has 1 aromatic heterocycles. The molecule has 1 heterocycles. The van der Waals surface area contributed by atoms with Crippen molar-refractivity contribution in [2.45, 2.75) is 92.2 Å². The van der Waals surface area contributed by atoms with E-state index in [1.165, 1.54) is 22.3 Å². The normalized spacial score (nSPS) is 10.7. The molecule has 0 saturated heterocycles. The average molecular weight is 577 g/mol. The molecule has 0 saturated carbocycles. The SMILES string of the molecule is CC(C)c1cccc(C(C)C)c1[N-]Cc1cccc(C[N-]c2c(C(C)C)cccc2C(C)C)n1.[CH3-].[CH3-].[Zr+4]. The van der Waals surface area contributed by atoms with Crippen molar-refractivity contribution in [1.82, 2.24) is 4.98 Å². The first-order chi connectivity index (χ1) is 16.2. The maximum atomic E-state index is 5.06. The molecule has 0 unspecified atom stereocenters. The molecule has 0 atom stereocenters. The number of pyridine rings is 1. The Labute approximate surface area is 247 Å². The van der Waals surface area contributed by atoms with Crippen LogP contribution < -0.4 is 0 Å². The smallest absolute Gasteiger partial charge is 0.679 e. The molecule has 3 rings (SSSR count). The van der Waals surface area contributed by atoms with Crippen LogP contribution in [0.1, 0.15) is 113 Å². The van der Waals surface area contributed by atoms with Gasteiger partial charge in [-0.05, 0) is 35.8 Å². The van der Waals surface area contributed by atoms with Gasteiger partial charge in [0.25, 0.3) is 0 Å². The van der Waals surface area contributed by atoms with E-state index >= 15 is 0 Å². The van der Waals surface area contributed by atoms with Gasteiger partial charge in [0.15, 0.2) is 0 Å². The molecular weight excluding hydrogens is 530 g/mol. The van der Waals surface area contributed by atoms with Gasteiger partial charge in [0.2, 0.25) is 0 Å². The van der Waals surface area contributed by atoms with Gasteiger partial charge in [0.1, 0.15) is 0 Å². The topological polar surface area (TPSA) is 41.1 Å². The Morgan fingerprint density at radius 3 is 1.05 bits per heavy atom. The fraction of sp³-hybridized carbons (Fsp3) is 0.424. The van der Waals surface area contributed by atoms with Crippen LogP contribution in [0.4, 0.5) is 11.4 Å². The molecule has 0 aliphatic carbocycles. The van der Waals surface area contributed by atoms with Crippen molar-refractivity contribution in [3.05, 3.63) is 114 Å². The maximum Gasteiger partial charge on any atom is 4.00 e. The summed E-state index contributed by atoms with van der Waals surface area (Å²) in [6.07, 6.45) is 0. The predicted octanol–water partition coefficient (Wildman–Crippen LogP) is 10.9. The molecule has 0 amide bonds. The third-order valence-corrected chi connectivity index (χ3v) is 6.35. The Morgan fingerprint density at radius 2 is 0.784 bits per heavy atom. The fourth-order valence-electron chi connectivity index (χ4n) is 4.41. The second-order valence-electron chi connectivity index (χ2n) is 10.4. The average Bonchev–Trinajstić information content (AvgIpc) is 2.80. The van der Waals surface area contributed by atoms with Crippen LogP contribution >= 0.6 is 0 Å². The monoisotopic (exact) mass is 575 g/mol. The quantitative estimate of drug-likeness (QED) is 0.221. The van der Waals surface area contributed by atoms with E-state index in [2.05, 4.69) is 110 Å². The van der Waals surface area contributed by atoms with Crippen LogP contribution in [0.25, 0.3) is 10.6 Å². The van der Waals surface area contributed by atoms with Gasteiger partial charge in [-0.25, -0.2) is 0 Å². The van der Waals surface area contributed by atoms with E-state index < -0.39 is 0 Å². The molecule has 4 heteroatoms. The number of para-hydroxylation sites is 2. The molecule has 0 N–H and O–H groups in total. The zero-order chi connectivity index (χ0) is 24.8. The van der Waals surface area contributed by atoms with Crippen molar-refractivity contribution >= 4 is 11.4 Å². The summed E-state index contributed by atoms with van der Waals surface area (Å²) in [6.45, 7) is 19.0. The minimum Gasteiger partial charge on any atom is -0.679 e. The molecule has 0 spiro atoms. The number of hydrogen-bond acceptors (Lipinski definition) is 1. The van der Waals surface area contributed by atoms with Gasteiger partial charge < -0.3 is 25.5 Å². The molecule has 0 fully saturated rings. The van der Waals surface area contributed by atoms with Crippen LogP contribution in [-0.4, -0.2) is 4.98 Å². The van der Waals surface area contributed by atoms with E-state index in [0.717, 1.165) is 22.8 Å². The first-order valence-electron chi connectivity index (χ1n) is 12.7. The van der Waals surface area contributed by atoms with Crippen LogP contribution in [0.2, 0.25) is 0 Å². The van der Waals surface area contributed by atoms with Crippen LogP contribution in [-0.2, 0) is 39.3 Å². The van der Waals surface area contributed by atoms with Crippen molar-refractivity contribution in [3.8, 4) is 0 Å². The maximum absolute atomic E-state index is 5.06. The summed E-state index contributed by atoms with van der Waals surface area (Å²) in [7, 11) is 0. The first-order valence-corrected chi connectivity index (χ1v) is 12.7. The minimum absolute atomic E-state index is 0. The first kappa shape index (κ1) is 35.1. The van der Waals surface area contributed by atoms with Gasteiger partial charge in [-0.2, -0.15) is 0 Å². The van der Waals surface area contributed by atoms with Crippen LogP contribution in [0.15, 0.2) is 54.6 Å². The van der Waals surface area contributed by atoms with Gasteiger partial charge in [0.05, 0.1) is 0 Å². The third kappa shape index (κ3) is 9.10. The van der Waals surface area contributed by atoms with Gasteiger partial charge in [-0.3, -0.25) is 4.98 Å². The Morgan fingerprint density at radius 1 is 0.514 bits per heavy atom. The molecule has 0 aliphatic rings. The summed E-state index contributed by atoms with van der Waals surface area (Å²) in [5, 5.41) is 10.1. The van der Waals surface area contributed by atoms with Gasteiger partial charge >= 0.3 is 26.2 Å². The number of aromatic nitrogens is 1.